The van der Waals surface area contributed by atoms with Crippen LogP contribution in [0.15, 0.2) is 48.7 Å². The van der Waals surface area contributed by atoms with Crippen molar-refractivity contribution in [2.75, 3.05) is 5.32 Å². The highest BCUT2D eigenvalue weighted by Crippen LogP contribution is 2.38. The predicted octanol–water partition coefficient (Wildman–Crippen LogP) is 6.06. The van der Waals surface area contributed by atoms with E-state index in [9.17, 15) is 31.1 Å². The molecule has 0 saturated carbocycles. The van der Waals surface area contributed by atoms with Gasteiger partial charge < -0.3 is 9.30 Å². The van der Waals surface area contributed by atoms with Gasteiger partial charge in [-0.2, -0.15) is 31.4 Å². The number of ether oxygens (including phenoxy) is 1. The van der Waals surface area contributed by atoms with Crippen LogP contribution < -0.4 is 10.1 Å². The van der Waals surface area contributed by atoms with E-state index in [0.717, 1.165) is 18.2 Å². The van der Waals surface area contributed by atoms with Crippen LogP contribution in [-0.2, 0) is 19.4 Å². The zero-order valence-corrected chi connectivity index (χ0v) is 17.6. The molecule has 2 aromatic heterocycles. The Bertz CT molecular complexity index is 1380. The van der Waals surface area contributed by atoms with Crippen LogP contribution in [0.1, 0.15) is 11.3 Å². The van der Waals surface area contributed by atoms with Gasteiger partial charge in [0.25, 0.3) is 0 Å². The molecule has 0 spiro atoms. The normalized spacial score (nSPS) is 12.2. The molecule has 0 atom stereocenters. The van der Waals surface area contributed by atoms with Crippen LogP contribution in [0.2, 0.25) is 5.02 Å². The maximum absolute atomic E-state index is 13.7. The molecule has 0 aliphatic rings. The van der Waals surface area contributed by atoms with E-state index in [0.29, 0.717) is 15.9 Å². The number of carbonyl (C=O) groups excluding carboxylic acids is 1. The summed E-state index contributed by atoms with van der Waals surface area (Å²) in [4.78, 5) is 16.2. The fourth-order valence-corrected chi connectivity index (χ4v) is 3.28. The van der Waals surface area contributed by atoms with E-state index < -0.39 is 35.5 Å². The quantitative estimate of drug-likeness (QED) is 0.345. The van der Waals surface area contributed by atoms with Crippen molar-refractivity contribution in [1.29, 1.82) is 0 Å². The second kappa shape index (κ2) is 8.24. The van der Waals surface area contributed by atoms with Crippen LogP contribution in [0.3, 0.4) is 0 Å². The largest absolute Gasteiger partial charge is 0.437 e. The zero-order chi connectivity index (χ0) is 24.8. The Labute approximate surface area is 191 Å². The van der Waals surface area contributed by atoms with Crippen LogP contribution in [0, 0.1) is 0 Å². The first-order valence-corrected chi connectivity index (χ1v) is 9.66. The Kier molecular flexibility index (Phi) is 5.67. The Morgan fingerprint density at radius 1 is 1.03 bits per heavy atom. The molecule has 2 aromatic carbocycles. The van der Waals surface area contributed by atoms with Crippen molar-refractivity contribution in [2.24, 2.45) is 7.05 Å². The average molecular weight is 504 g/mol. The summed E-state index contributed by atoms with van der Waals surface area (Å²) in [6.07, 6.45) is -10.2. The number of amides is 1. The molecular weight excluding hydrogens is 492 g/mol. The third-order valence-corrected chi connectivity index (χ3v) is 4.95. The SMILES string of the molecule is Cn1c(NC(=O)Oc2cnn(-c3ccc(Cl)cc3)c2C(F)(F)F)nc2cc(C(F)(F)F)ccc21. The number of hydrogen-bond donors (Lipinski definition) is 1. The third kappa shape index (κ3) is 4.51. The van der Waals surface area contributed by atoms with Gasteiger partial charge in [0.05, 0.1) is 28.5 Å². The molecule has 2 heterocycles. The highest BCUT2D eigenvalue weighted by Gasteiger charge is 2.40. The van der Waals surface area contributed by atoms with E-state index in [1.807, 2.05) is 0 Å². The minimum absolute atomic E-state index is 0.0165. The number of nitrogens with one attached hydrogen (secondary N) is 1. The van der Waals surface area contributed by atoms with E-state index in [4.69, 9.17) is 16.3 Å². The fraction of sp³-hybridized carbons (Fsp3) is 0.150. The second-order valence-electron chi connectivity index (χ2n) is 6.95. The van der Waals surface area contributed by atoms with E-state index in [2.05, 4.69) is 15.4 Å². The highest BCUT2D eigenvalue weighted by molar-refractivity contribution is 6.30. The molecule has 7 nitrogen and oxygen atoms in total. The first-order valence-electron chi connectivity index (χ1n) is 9.28. The standard InChI is InChI=1S/C20H12ClF6N5O2/c1-31-14-7-2-10(19(22,23)24)8-13(14)29-17(31)30-18(33)34-15-9-28-32(16(15)20(25,26)27)12-5-3-11(21)4-6-12/h2-9H,1H3,(H,29,30,33). The lowest BCUT2D eigenvalue weighted by Crippen LogP contribution is -2.21. The van der Waals surface area contributed by atoms with Gasteiger partial charge >= 0.3 is 18.4 Å². The molecule has 1 amide bonds. The molecule has 34 heavy (non-hydrogen) atoms. The van der Waals surface area contributed by atoms with Gasteiger partial charge in [-0.25, -0.2) is 14.5 Å². The van der Waals surface area contributed by atoms with Crippen molar-refractivity contribution in [3.05, 3.63) is 64.9 Å². The molecule has 0 radical (unpaired) electrons. The molecule has 1 N–H and O–H groups in total. The second-order valence-corrected chi connectivity index (χ2v) is 7.39. The number of imidazole rings is 1. The first kappa shape index (κ1) is 23.4. The van der Waals surface area contributed by atoms with Gasteiger partial charge in [0, 0.05) is 12.1 Å². The van der Waals surface area contributed by atoms with Crippen LogP contribution in [-0.4, -0.2) is 25.4 Å². The molecule has 0 bridgehead atoms. The lowest BCUT2D eigenvalue weighted by Gasteiger charge is -2.13. The number of anilines is 1. The topological polar surface area (TPSA) is 74.0 Å². The number of fused-ring (bicyclic) bond motifs is 1. The molecule has 4 rings (SSSR count). The number of aromatic nitrogens is 4. The third-order valence-electron chi connectivity index (χ3n) is 4.70. The number of benzene rings is 2. The number of hydrogen-bond acceptors (Lipinski definition) is 4. The summed E-state index contributed by atoms with van der Waals surface area (Å²) in [5, 5.41) is 6.07. The number of halogens is 7. The van der Waals surface area contributed by atoms with E-state index >= 15 is 0 Å². The fourth-order valence-electron chi connectivity index (χ4n) is 3.15. The molecule has 0 unspecified atom stereocenters. The maximum atomic E-state index is 13.7. The molecule has 0 saturated heterocycles. The lowest BCUT2D eigenvalue weighted by molar-refractivity contribution is -0.143. The minimum Gasteiger partial charge on any atom is -0.406 e. The summed E-state index contributed by atoms with van der Waals surface area (Å²) in [7, 11) is 1.40. The van der Waals surface area contributed by atoms with Crippen LogP contribution in [0.5, 0.6) is 5.75 Å². The van der Waals surface area contributed by atoms with Crippen molar-refractivity contribution in [1.82, 2.24) is 19.3 Å². The summed E-state index contributed by atoms with van der Waals surface area (Å²) in [6.45, 7) is 0. The van der Waals surface area contributed by atoms with E-state index in [-0.39, 0.29) is 22.7 Å². The molecular formula is C20H12ClF6N5O2. The Balaban J connectivity index is 1.62. The van der Waals surface area contributed by atoms with Crippen LogP contribution in [0.25, 0.3) is 16.7 Å². The predicted molar refractivity (Wildman–Crippen MR) is 109 cm³/mol. The van der Waals surface area contributed by atoms with Gasteiger partial charge in [-0.1, -0.05) is 11.6 Å². The zero-order valence-electron chi connectivity index (χ0n) is 16.9. The summed E-state index contributed by atoms with van der Waals surface area (Å²) in [5.41, 5.74) is -2.13. The Hall–Kier alpha value is -3.74. The van der Waals surface area contributed by atoms with Gasteiger partial charge in [0.15, 0.2) is 11.4 Å². The lowest BCUT2D eigenvalue weighted by atomic mass is 10.2. The molecule has 0 aliphatic heterocycles. The molecule has 14 heteroatoms. The molecule has 178 valence electrons. The first-order chi connectivity index (χ1) is 15.8. The van der Waals surface area contributed by atoms with Gasteiger partial charge in [0.1, 0.15) is 0 Å². The minimum atomic E-state index is -4.95. The number of alkyl halides is 6. The van der Waals surface area contributed by atoms with Gasteiger partial charge in [-0.05, 0) is 42.5 Å². The molecule has 0 fully saturated rings. The summed E-state index contributed by atoms with van der Waals surface area (Å²) < 4.78 is 86.5. The van der Waals surface area contributed by atoms with Gasteiger partial charge in [-0.15, -0.1) is 0 Å². The summed E-state index contributed by atoms with van der Waals surface area (Å²) >= 11 is 5.76. The summed E-state index contributed by atoms with van der Waals surface area (Å²) in [6, 6.07) is 8.09. The van der Waals surface area contributed by atoms with Crippen LogP contribution >= 0.6 is 11.6 Å². The highest BCUT2D eigenvalue weighted by atomic mass is 35.5. The number of nitrogens with zero attached hydrogens (tertiary/aromatic N) is 4. The molecule has 4 aromatic rings. The average Bonchev–Trinajstić information content (AvgIpc) is 3.29. The monoisotopic (exact) mass is 503 g/mol. The van der Waals surface area contributed by atoms with Crippen LogP contribution in [0.4, 0.5) is 37.1 Å². The van der Waals surface area contributed by atoms with Gasteiger partial charge in [0.2, 0.25) is 5.95 Å². The van der Waals surface area contributed by atoms with Crippen molar-refractivity contribution in [3.8, 4) is 11.4 Å². The smallest absolute Gasteiger partial charge is 0.406 e. The number of carbonyl (C=O) groups is 1. The number of rotatable bonds is 3. The van der Waals surface area contributed by atoms with Crippen molar-refractivity contribution in [3.63, 3.8) is 0 Å². The Morgan fingerprint density at radius 3 is 2.32 bits per heavy atom. The molecule has 0 aliphatic carbocycles. The Morgan fingerprint density at radius 2 is 1.71 bits per heavy atom. The number of aryl methyl sites for hydroxylation is 1. The van der Waals surface area contributed by atoms with Gasteiger partial charge in [-0.3, -0.25) is 5.32 Å². The van der Waals surface area contributed by atoms with Crippen molar-refractivity contribution >= 4 is 34.7 Å². The van der Waals surface area contributed by atoms with Crippen molar-refractivity contribution in [2.45, 2.75) is 12.4 Å². The summed E-state index contributed by atoms with van der Waals surface area (Å²) in [5.74, 6) is -1.13. The van der Waals surface area contributed by atoms with E-state index in [1.54, 1.807) is 0 Å². The maximum Gasteiger partial charge on any atom is 0.437 e. The van der Waals surface area contributed by atoms with E-state index in [1.165, 1.54) is 35.9 Å². The van der Waals surface area contributed by atoms with Crippen molar-refractivity contribution < 1.29 is 35.9 Å².